The zero-order valence-corrected chi connectivity index (χ0v) is 21.2. The highest BCUT2D eigenvalue weighted by Gasteiger charge is 2.27. The zero-order valence-electron chi connectivity index (χ0n) is 20.4. The SMILES string of the molecule is CC(C)c1cc(C(C)C)c(S(=O)(=O)NN=C2CCC(c3ccccc3)CC2)c(C(C)C)c1. The summed E-state index contributed by atoms with van der Waals surface area (Å²) in [5, 5.41) is 4.40. The predicted molar refractivity (Wildman–Crippen MR) is 134 cm³/mol. The van der Waals surface area contributed by atoms with Crippen LogP contribution < -0.4 is 4.83 Å². The Morgan fingerprint density at radius 2 is 1.38 bits per heavy atom. The van der Waals surface area contributed by atoms with Gasteiger partial charge in [-0.3, -0.25) is 0 Å². The van der Waals surface area contributed by atoms with Gasteiger partial charge in [0, 0.05) is 5.71 Å². The van der Waals surface area contributed by atoms with Crippen LogP contribution >= 0.6 is 0 Å². The highest BCUT2D eigenvalue weighted by molar-refractivity contribution is 7.89. The van der Waals surface area contributed by atoms with Gasteiger partial charge >= 0.3 is 0 Å². The molecular formula is C27H38N2O2S. The number of nitrogens with one attached hydrogen (secondary N) is 1. The number of hydrazone groups is 1. The van der Waals surface area contributed by atoms with Crippen LogP contribution in [0.25, 0.3) is 0 Å². The molecule has 32 heavy (non-hydrogen) atoms. The van der Waals surface area contributed by atoms with E-state index in [1.807, 2.05) is 6.07 Å². The highest BCUT2D eigenvalue weighted by Crippen LogP contribution is 2.35. The van der Waals surface area contributed by atoms with Crippen LogP contribution in [-0.2, 0) is 10.0 Å². The summed E-state index contributed by atoms with van der Waals surface area (Å²) < 4.78 is 26.9. The van der Waals surface area contributed by atoms with Gasteiger partial charge in [-0.2, -0.15) is 13.5 Å². The number of hydrogen-bond acceptors (Lipinski definition) is 3. The fourth-order valence-electron chi connectivity index (χ4n) is 4.49. The van der Waals surface area contributed by atoms with Gasteiger partial charge in [-0.25, -0.2) is 4.83 Å². The topological polar surface area (TPSA) is 58.5 Å². The molecule has 0 saturated heterocycles. The molecule has 4 nitrogen and oxygen atoms in total. The molecule has 1 N–H and O–H groups in total. The van der Waals surface area contributed by atoms with E-state index in [-0.39, 0.29) is 11.8 Å². The molecule has 1 fully saturated rings. The van der Waals surface area contributed by atoms with Crippen LogP contribution in [0.15, 0.2) is 52.5 Å². The molecule has 0 bridgehead atoms. The van der Waals surface area contributed by atoms with E-state index in [9.17, 15) is 8.42 Å². The Bertz CT molecular complexity index is 1020. The molecule has 0 spiro atoms. The van der Waals surface area contributed by atoms with Gasteiger partial charge in [-0.1, -0.05) is 84.0 Å². The lowest BCUT2D eigenvalue weighted by Crippen LogP contribution is -2.25. The first kappa shape index (κ1) is 24.5. The minimum absolute atomic E-state index is 0.103. The summed E-state index contributed by atoms with van der Waals surface area (Å²) in [5.41, 5.74) is 5.24. The molecular weight excluding hydrogens is 416 g/mol. The maximum atomic E-state index is 13.5. The Morgan fingerprint density at radius 1 is 0.844 bits per heavy atom. The first-order valence-corrected chi connectivity index (χ1v) is 13.4. The van der Waals surface area contributed by atoms with E-state index < -0.39 is 10.0 Å². The van der Waals surface area contributed by atoms with Crippen molar-refractivity contribution in [3.8, 4) is 0 Å². The summed E-state index contributed by atoms with van der Waals surface area (Å²) in [7, 11) is -3.76. The van der Waals surface area contributed by atoms with E-state index in [0.29, 0.717) is 16.7 Å². The van der Waals surface area contributed by atoms with Crippen molar-refractivity contribution in [3.63, 3.8) is 0 Å². The molecule has 0 heterocycles. The van der Waals surface area contributed by atoms with Crippen molar-refractivity contribution in [2.45, 2.75) is 95.8 Å². The van der Waals surface area contributed by atoms with Crippen molar-refractivity contribution < 1.29 is 8.42 Å². The molecule has 2 aromatic carbocycles. The van der Waals surface area contributed by atoms with Crippen molar-refractivity contribution in [2.75, 3.05) is 0 Å². The summed E-state index contributed by atoms with van der Waals surface area (Å²) in [6, 6.07) is 14.7. The first-order valence-electron chi connectivity index (χ1n) is 11.9. The van der Waals surface area contributed by atoms with Gasteiger partial charge in [0.25, 0.3) is 10.0 Å². The second-order valence-corrected chi connectivity index (χ2v) is 11.5. The predicted octanol–water partition coefficient (Wildman–Crippen LogP) is 7.05. The standard InChI is InChI=1S/C27H38N2O2S/c1-18(2)23-16-25(19(3)4)27(26(17-23)20(5)6)32(30,31)29-28-24-14-12-22(13-15-24)21-10-8-7-9-11-21/h7-11,16-20,22,29H,12-15H2,1-6H3. The summed E-state index contributed by atoms with van der Waals surface area (Å²) in [5.74, 6) is 1.07. The molecule has 0 aromatic heterocycles. The first-order chi connectivity index (χ1) is 15.1. The van der Waals surface area contributed by atoms with E-state index in [1.54, 1.807) is 0 Å². The molecule has 0 unspecified atom stereocenters. The fourth-order valence-corrected chi connectivity index (χ4v) is 6.04. The Labute approximate surface area is 194 Å². The number of nitrogens with zero attached hydrogens (tertiary/aromatic N) is 1. The highest BCUT2D eigenvalue weighted by atomic mass is 32.2. The van der Waals surface area contributed by atoms with Crippen LogP contribution in [0.4, 0.5) is 0 Å². The molecule has 0 aliphatic heterocycles. The van der Waals surface area contributed by atoms with Crippen LogP contribution in [0.3, 0.4) is 0 Å². The number of sulfonamides is 1. The Hall–Kier alpha value is -2.14. The van der Waals surface area contributed by atoms with Crippen molar-refractivity contribution in [3.05, 3.63) is 64.7 Å². The lowest BCUT2D eigenvalue weighted by molar-refractivity contribution is 0.559. The lowest BCUT2D eigenvalue weighted by Gasteiger charge is -2.24. The van der Waals surface area contributed by atoms with E-state index >= 15 is 0 Å². The third-order valence-corrected chi connectivity index (χ3v) is 7.85. The van der Waals surface area contributed by atoms with E-state index in [0.717, 1.165) is 42.5 Å². The number of benzene rings is 2. The van der Waals surface area contributed by atoms with Crippen LogP contribution in [-0.4, -0.2) is 14.1 Å². The van der Waals surface area contributed by atoms with Gasteiger partial charge in [-0.05, 0) is 71.6 Å². The maximum absolute atomic E-state index is 13.5. The molecule has 2 aromatic rings. The van der Waals surface area contributed by atoms with Crippen LogP contribution in [0.2, 0.25) is 0 Å². The van der Waals surface area contributed by atoms with E-state index in [4.69, 9.17) is 0 Å². The van der Waals surface area contributed by atoms with Gasteiger partial charge < -0.3 is 0 Å². The average Bonchev–Trinajstić information content (AvgIpc) is 2.77. The molecule has 0 radical (unpaired) electrons. The smallest absolute Gasteiger partial charge is 0.200 e. The summed E-state index contributed by atoms with van der Waals surface area (Å²) in [6.45, 7) is 12.5. The maximum Gasteiger partial charge on any atom is 0.277 e. The van der Waals surface area contributed by atoms with E-state index in [2.05, 4.69) is 87.9 Å². The molecule has 174 valence electrons. The second-order valence-electron chi connectivity index (χ2n) is 9.95. The Morgan fingerprint density at radius 3 is 1.84 bits per heavy atom. The molecule has 3 rings (SSSR count). The molecule has 0 amide bonds. The third kappa shape index (κ3) is 5.61. The van der Waals surface area contributed by atoms with Crippen LogP contribution in [0, 0.1) is 0 Å². The van der Waals surface area contributed by atoms with Gasteiger partial charge in [0.1, 0.15) is 0 Å². The molecule has 1 aliphatic rings. The van der Waals surface area contributed by atoms with Gasteiger partial charge in [0.05, 0.1) is 4.90 Å². The van der Waals surface area contributed by atoms with E-state index in [1.165, 1.54) is 11.1 Å². The normalized spacial score (nSPS) is 17.3. The summed E-state index contributed by atoms with van der Waals surface area (Å²) in [6.07, 6.45) is 3.65. The largest absolute Gasteiger partial charge is 0.277 e. The minimum Gasteiger partial charge on any atom is -0.200 e. The molecule has 1 aliphatic carbocycles. The van der Waals surface area contributed by atoms with Gasteiger partial charge in [0.2, 0.25) is 0 Å². The quantitative estimate of drug-likeness (QED) is 0.456. The third-order valence-electron chi connectivity index (χ3n) is 6.51. The Balaban J connectivity index is 1.85. The van der Waals surface area contributed by atoms with Crippen molar-refractivity contribution >= 4 is 15.7 Å². The van der Waals surface area contributed by atoms with Crippen molar-refractivity contribution in [1.29, 1.82) is 0 Å². The lowest BCUT2D eigenvalue weighted by atomic mass is 9.83. The second kappa shape index (κ2) is 10.2. The van der Waals surface area contributed by atoms with Gasteiger partial charge in [-0.15, -0.1) is 0 Å². The van der Waals surface area contributed by atoms with Crippen LogP contribution in [0.5, 0.6) is 0 Å². The molecule has 5 heteroatoms. The summed E-state index contributed by atoms with van der Waals surface area (Å²) >= 11 is 0. The monoisotopic (exact) mass is 454 g/mol. The number of rotatable bonds is 7. The number of hydrogen-bond donors (Lipinski definition) is 1. The van der Waals surface area contributed by atoms with Crippen LogP contribution in [0.1, 0.15) is 113 Å². The van der Waals surface area contributed by atoms with Crippen molar-refractivity contribution in [1.82, 2.24) is 4.83 Å². The summed E-state index contributed by atoms with van der Waals surface area (Å²) in [4.78, 5) is 3.01. The molecule has 0 atom stereocenters. The fraction of sp³-hybridized carbons (Fsp3) is 0.519. The van der Waals surface area contributed by atoms with Crippen molar-refractivity contribution in [2.24, 2.45) is 5.10 Å². The zero-order chi connectivity index (χ0) is 23.5. The average molecular weight is 455 g/mol. The van der Waals surface area contributed by atoms with Gasteiger partial charge in [0.15, 0.2) is 0 Å². The molecule has 1 saturated carbocycles. The Kier molecular flexibility index (Phi) is 7.81. The minimum atomic E-state index is -3.76.